The Kier molecular flexibility index (Phi) is 6.56. The van der Waals surface area contributed by atoms with Gasteiger partial charge in [0.25, 0.3) is 0 Å². The van der Waals surface area contributed by atoms with Crippen molar-refractivity contribution in [3.63, 3.8) is 0 Å². The minimum Gasteiger partial charge on any atom is -0.490 e. The second-order valence-electron chi connectivity index (χ2n) is 7.17. The molecule has 2 N–H and O–H groups in total. The van der Waals surface area contributed by atoms with Gasteiger partial charge in [-0.1, -0.05) is 12.8 Å². The molecule has 2 fully saturated rings. The minimum absolute atomic E-state index is 0.0577. The summed E-state index contributed by atoms with van der Waals surface area (Å²) in [5, 5.41) is 0. The Labute approximate surface area is 150 Å². The number of nitrogen functional groups attached to an aromatic ring is 1. The zero-order valence-electron chi connectivity index (χ0n) is 15.0. The first kappa shape index (κ1) is 18.1. The van der Waals surface area contributed by atoms with Gasteiger partial charge in [0.05, 0.1) is 11.3 Å². The molecule has 1 aliphatic carbocycles. The lowest BCUT2D eigenvalue weighted by Crippen LogP contribution is -2.33. The first-order valence-corrected chi connectivity index (χ1v) is 9.68. The number of carbonyl (C=O) groups excluding carboxylic acids is 1. The van der Waals surface area contributed by atoms with E-state index >= 15 is 0 Å². The van der Waals surface area contributed by atoms with Gasteiger partial charge in [0, 0.05) is 6.54 Å². The molecule has 1 aromatic rings. The molecule has 0 unspecified atom stereocenters. The molecule has 5 heteroatoms. The molecule has 1 saturated heterocycles. The van der Waals surface area contributed by atoms with Gasteiger partial charge in [0.15, 0.2) is 0 Å². The van der Waals surface area contributed by atoms with E-state index in [1.54, 1.807) is 18.2 Å². The van der Waals surface area contributed by atoms with E-state index in [1.807, 2.05) is 0 Å². The molecule has 138 valence electrons. The summed E-state index contributed by atoms with van der Waals surface area (Å²) in [6.45, 7) is 3.78. The molecule has 0 aromatic heterocycles. The number of hydrogen-bond acceptors (Lipinski definition) is 5. The van der Waals surface area contributed by atoms with E-state index in [2.05, 4.69) is 4.90 Å². The highest BCUT2D eigenvalue weighted by Crippen LogP contribution is 2.25. The third-order valence-corrected chi connectivity index (χ3v) is 5.19. The van der Waals surface area contributed by atoms with E-state index in [9.17, 15) is 4.79 Å². The predicted molar refractivity (Wildman–Crippen MR) is 98.9 cm³/mol. The van der Waals surface area contributed by atoms with Crippen LogP contribution < -0.4 is 10.5 Å². The lowest BCUT2D eigenvalue weighted by molar-refractivity contribution is 0.0210. The summed E-state index contributed by atoms with van der Waals surface area (Å²) in [6, 6.07) is 5.17. The molecule has 0 atom stereocenters. The number of carbonyl (C=O) groups is 1. The average molecular weight is 346 g/mol. The van der Waals surface area contributed by atoms with Crippen LogP contribution in [-0.2, 0) is 4.74 Å². The number of piperidine rings is 1. The highest BCUT2D eigenvalue weighted by atomic mass is 16.5. The number of rotatable bonds is 6. The molecule has 1 aliphatic heterocycles. The fraction of sp³-hybridized carbons (Fsp3) is 0.650. The Balaban J connectivity index is 1.52. The highest BCUT2D eigenvalue weighted by molar-refractivity contribution is 5.90. The molecule has 0 amide bonds. The summed E-state index contributed by atoms with van der Waals surface area (Å²) in [5.74, 6) is 0.308. The van der Waals surface area contributed by atoms with Crippen LogP contribution in [0.5, 0.6) is 5.75 Å². The number of esters is 1. The Morgan fingerprint density at radius 3 is 2.56 bits per heavy atom. The second kappa shape index (κ2) is 9.09. The van der Waals surface area contributed by atoms with Crippen LogP contribution in [0.1, 0.15) is 61.7 Å². The monoisotopic (exact) mass is 346 g/mol. The van der Waals surface area contributed by atoms with E-state index in [0.717, 1.165) is 45.3 Å². The van der Waals surface area contributed by atoms with Gasteiger partial charge in [-0.25, -0.2) is 4.79 Å². The molecule has 1 heterocycles. The van der Waals surface area contributed by atoms with Crippen molar-refractivity contribution >= 4 is 11.7 Å². The number of anilines is 1. The predicted octanol–water partition coefficient (Wildman–Crippen LogP) is 3.62. The van der Waals surface area contributed by atoms with Crippen molar-refractivity contribution < 1.29 is 14.3 Å². The average Bonchev–Trinajstić information content (AvgIpc) is 2.65. The fourth-order valence-corrected chi connectivity index (χ4v) is 3.66. The molecule has 25 heavy (non-hydrogen) atoms. The lowest BCUT2D eigenvalue weighted by Gasteiger charge is -2.26. The van der Waals surface area contributed by atoms with Crippen molar-refractivity contribution in [2.24, 2.45) is 0 Å². The van der Waals surface area contributed by atoms with Gasteiger partial charge in [-0.05, 0) is 69.8 Å². The van der Waals surface area contributed by atoms with Crippen molar-refractivity contribution in [1.82, 2.24) is 4.90 Å². The number of likely N-dealkylation sites (tertiary alicyclic amines) is 1. The van der Waals surface area contributed by atoms with Crippen molar-refractivity contribution in [1.29, 1.82) is 0 Å². The zero-order chi connectivity index (χ0) is 17.5. The van der Waals surface area contributed by atoms with E-state index in [-0.39, 0.29) is 12.1 Å². The number of nitrogens with two attached hydrogens (primary N) is 1. The van der Waals surface area contributed by atoms with E-state index in [4.69, 9.17) is 15.2 Å². The second-order valence-corrected chi connectivity index (χ2v) is 7.17. The van der Waals surface area contributed by atoms with Crippen molar-refractivity contribution in [3.8, 4) is 5.75 Å². The summed E-state index contributed by atoms with van der Waals surface area (Å²) in [6.07, 6.45) is 9.40. The van der Waals surface area contributed by atoms with Crippen molar-refractivity contribution in [2.45, 2.75) is 57.5 Å². The van der Waals surface area contributed by atoms with Gasteiger partial charge in [-0.15, -0.1) is 0 Å². The molecule has 1 aromatic carbocycles. The summed E-state index contributed by atoms with van der Waals surface area (Å²) in [4.78, 5) is 14.8. The van der Waals surface area contributed by atoms with E-state index in [0.29, 0.717) is 23.6 Å². The number of benzene rings is 1. The first-order chi connectivity index (χ1) is 12.2. The van der Waals surface area contributed by atoms with Crippen LogP contribution in [0.25, 0.3) is 0 Å². The fourth-order valence-electron chi connectivity index (χ4n) is 3.66. The summed E-state index contributed by atoms with van der Waals surface area (Å²) >= 11 is 0. The molecule has 1 saturated carbocycles. The maximum absolute atomic E-state index is 12.4. The molecule has 3 rings (SSSR count). The molecule has 5 nitrogen and oxygen atoms in total. The van der Waals surface area contributed by atoms with Gasteiger partial charge in [0.1, 0.15) is 18.5 Å². The van der Waals surface area contributed by atoms with Gasteiger partial charge >= 0.3 is 5.97 Å². The molecule has 2 aliphatic rings. The maximum atomic E-state index is 12.4. The van der Waals surface area contributed by atoms with Crippen LogP contribution in [0.2, 0.25) is 0 Å². The minimum atomic E-state index is -0.271. The van der Waals surface area contributed by atoms with Crippen LogP contribution >= 0.6 is 0 Å². The summed E-state index contributed by atoms with van der Waals surface area (Å²) in [7, 11) is 0. The molecule has 0 bridgehead atoms. The first-order valence-electron chi connectivity index (χ1n) is 9.68. The Bertz CT molecular complexity index is 564. The Hall–Kier alpha value is -1.75. The normalized spacial score (nSPS) is 19.5. The van der Waals surface area contributed by atoms with Gasteiger partial charge < -0.3 is 15.2 Å². The Morgan fingerprint density at radius 2 is 1.80 bits per heavy atom. The molecule has 0 spiro atoms. The topological polar surface area (TPSA) is 64.8 Å². The third kappa shape index (κ3) is 5.36. The van der Waals surface area contributed by atoms with Crippen molar-refractivity contribution in [2.75, 3.05) is 32.0 Å². The maximum Gasteiger partial charge on any atom is 0.338 e. The number of hydrogen-bond donors (Lipinski definition) is 1. The van der Waals surface area contributed by atoms with Crippen LogP contribution in [0.4, 0.5) is 5.69 Å². The van der Waals surface area contributed by atoms with E-state index < -0.39 is 0 Å². The lowest BCUT2D eigenvalue weighted by atomic mass is 9.98. The van der Waals surface area contributed by atoms with Crippen LogP contribution in [0.15, 0.2) is 18.2 Å². The van der Waals surface area contributed by atoms with E-state index in [1.165, 1.54) is 25.7 Å². The highest BCUT2D eigenvalue weighted by Gasteiger charge is 2.19. The van der Waals surface area contributed by atoms with Crippen LogP contribution in [0.3, 0.4) is 0 Å². The third-order valence-electron chi connectivity index (χ3n) is 5.19. The van der Waals surface area contributed by atoms with Gasteiger partial charge in [-0.2, -0.15) is 0 Å². The Morgan fingerprint density at radius 1 is 1.08 bits per heavy atom. The molecular formula is C20H30N2O3. The quantitative estimate of drug-likeness (QED) is 0.629. The number of ether oxygens (including phenoxy) is 2. The molecular weight excluding hydrogens is 316 g/mol. The number of nitrogens with zero attached hydrogens (tertiary/aromatic N) is 1. The largest absolute Gasteiger partial charge is 0.490 e. The molecule has 0 radical (unpaired) electrons. The summed E-state index contributed by atoms with van der Waals surface area (Å²) < 4.78 is 11.5. The zero-order valence-corrected chi connectivity index (χ0v) is 15.0. The van der Waals surface area contributed by atoms with Crippen LogP contribution in [0, 0.1) is 0 Å². The summed E-state index contributed by atoms with van der Waals surface area (Å²) in [5.41, 5.74) is 7.09. The standard InChI is InChI=1S/C20H30N2O3/c21-18-10-9-16(20(23)25-17-7-3-1-4-8-17)15-19(18)24-14-13-22-11-5-2-6-12-22/h9-10,15,17H,1-8,11-14,21H2. The smallest absolute Gasteiger partial charge is 0.338 e. The van der Waals surface area contributed by atoms with Crippen LogP contribution in [-0.4, -0.2) is 43.2 Å². The van der Waals surface area contributed by atoms with Gasteiger partial charge in [-0.3, -0.25) is 4.90 Å². The van der Waals surface area contributed by atoms with Gasteiger partial charge in [0.2, 0.25) is 0 Å². The van der Waals surface area contributed by atoms with Crippen molar-refractivity contribution in [3.05, 3.63) is 23.8 Å². The SMILES string of the molecule is Nc1ccc(C(=O)OC2CCCCC2)cc1OCCN1CCCCC1.